The molecule has 2 aliphatic rings. The lowest BCUT2D eigenvalue weighted by molar-refractivity contribution is -0.137. The summed E-state index contributed by atoms with van der Waals surface area (Å²) < 4.78 is 0. The highest BCUT2D eigenvalue weighted by molar-refractivity contribution is 6.02. The Morgan fingerprint density at radius 2 is 2.00 bits per heavy atom. The monoisotopic (exact) mass is 196 g/mol. The van der Waals surface area contributed by atoms with Gasteiger partial charge in [0.25, 0.3) is 0 Å². The first kappa shape index (κ1) is 9.65. The molecule has 2 amide bonds. The lowest BCUT2D eigenvalue weighted by Crippen LogP contribution is -2.62. The predicted octanol–water partition coefficient (Wildman–Crippen LogP) is 0.180. The molecule has 1 saturated heterocycles. The first-order valence-electron chi connectivity index (χ1n) is 5.33. The summed E-state index contributed by atoms with van der Waals surface area (Å²) in [6.45, 7) is 2.04. The predicted molar refractivity (Wildman–Crippen MR) is 51.5 cm³/mol. The lowest BCUT2D eigenvalue weighted by atomic mass is 10.0. The highest BCUT2D eigenvalue weighted by atomic mass is 16.2. The van der Waals surface area contributed by atoms with Gasteiger partial charge in [0.1, 0.15) is 0 Å². The van der Waals surface area contributed by atoms with Gasteiger partial charge in [-0.3, -0.25) is 20.2 Å². The molecule has 1 aliphatic heterocycles. The van der Waals surface area contributed by atoms with Gasteiger partial charge in [0, 0.05) is 0 Å². The number of rotatable bonds is 3. The number of piperazine rings is 1. The zero-order valence-corrected chi connectivity index (χ0v) is 8.38. The Hall–Kier alpha value is -0.900. The maximum absolute atomic E-state index is 11.4. The molecule has 4 nitrogen and oxygen atoms in total. The van der Waals surface area contributed by atoms with E-state index in [9.17, 15) is 9.59 Å². The van der Waals surface area contributed by atoms with E-state index >= 15 is 0 Å². The fraction of sp³-hybridized carbons (Fsp3) is 0.800. The molecule has 0 aromatic heterocycles. The molecule has 78 valence electrons. The molecule has 0 aromatic rings. The fourth-order valence-corrected chi connectivity index (χ4v) is 1.94. The van der Waals surface area contributed by atoms with E-state index in [0.717, 1.165) is 25.7 Å². The van der Waals surface area contributed by atoms with E-state index in [2.05, 4.69) is 10.6 Å². The Morgan fingerprint density at radius 1 is 1.29 bits per heavy atom. The average molecular weight is 196 g/mol. The van der Waals surface area contributed by atoms with Gasteiger partial charge in [-0.25, -0.2) is 0 Å². The van der Waals surface area contributed by atoms with Gasteiger partial charge in [-0.2, -0.15) is 0 Å². The second kappa shape index (κ2) is 3.69. The third-order valence-electron chi connectivity index (χ3n) is 2.90. The lowest BCUT2D eigenvalue weighted by Gasteiger charge is -2.29. The molecule has 1 heterocycles. The molecule has 0 radical (unpaired) electrons. The van der Waals surface area contributed by atoms with Crippen molar-refractivity contribution in [2.45, 2.75) is 44.7 Å². The summed E-state index contributed by atoms with van der Waals surface area (Å²) in [5.41, 5.74) is 0. The second-order valence-electron chi connectivity index (χ2n) is 4.18. The fourth-order valence-electron chi connectivity index (χ4n) is 1.94. The number of hydrogen-bond acceptors (Lipinski definition) is 3. The summed E-state index contributed by atoms with van der Waals surface area (Å²) in [7, 11) is 0. The molecule has 1 aliphatic carbocycles. The van der Waals surface area contributed by atoms with Crippen molar-refractivity contribution < 1.29 is 9.59 Å². The Labute approximate surface area is 83.4 Å². The van der Waals surface area contributed by atoms with Crippen molar-refractivity contribution >= 4 is 11.8 Å². The van der Waals surface area contributed by atoms with Crippen LogP contribution in [0.4, 0.5) is 0 Å². The van der Waals surface area contributed by atoms with Gasteiger partial charge in [-0.1, -0.05) is 13.3 Å². The number of imide groups is 1. The van der Waals surface area contributed by atoms with E-state index < -0.39 is 0 Å². The van der Waals surface area contributed by atoms with Crippen LogP contribution >= 0.6 is 0 Å². The van der Waals surface area contributed by atoms with Crippen molar-refractivity contribution in [1.29, 1.82) is 0 Å². The van der Waals surface area contributed by atoms with Crippen LogP contribution in [0, 0.1) is 5.92 Å². The van der Waals surface area contributed by atoms with Crippen molar-refractivity contribution in [3.63, 3.8) is 0 Å². The topological polar surface area (TPSA) is 58.2 Å². The van der Waals surface area contributed by atoms with Crippen LogP contribution in [0.5, 0.6) is 0 Å². The molecular formula is C10H16N2O2. The number of carbonyl (C=O) groups is 2. The Balaban J connectivity index is 2.00. The smallest absolute Gasteiger partial charge is 0.244 e. The van der Waals surface area contributed by atoms with Gasteiger partial charge >= 0.3 is 0 Å². The largest absolute Gasteiger partial charge is 0.294 e. The summed E-state index contributed by atoms with van der Waals surface area (Å²) >= 11 is 0. The summed E-state index contributed by atoms with van der Waals surface area (Å²) in [5, 5.41) is 5.60. The summed E-state index contributed by atoms with van der Waals surface area (Å²) in [4.78, 5) is 22.8. The van der Waals surface area contributed by atoms with Crippen molar-refractivity contribution in [2.75, 3.05) is 0 Å². The first-order chi connectivity index (χ1) is 6.72. The van der Waals surface area contributed by atoms with Gasteiger partial charge in [-0.15, -0.1) is 0 Å². The minimum Gasteiger partial charge on any atom is -0.294 e. The van der Waals surface area contributed by atoms with Crippen LogP contribution in [0.15, 0.2) is 0 Å². The summed E-state index contributed by atoms with van der Waals surface area (Å²) in [5.74, 6) is 0.168. The zero-order chi connectivity index (χ0) is 10.1. The number of hydrogen-bond donors (Lipinski definition) is 2. The molecule has 0 aromatic carbocycles. The molecule has 1 saturated carbocycles. The van der Waals surface area contributed by atoms with E-state index in [1.54, 1.807) is 0 Å². The third kappa shape index (κ3) is 1.80. The van der Waals surface area contributed by atoms with Crippen molar-refractivity contribution in [2.24, 2.45) is 5.92 Å². The zero-order valence-electron chi connectivity index (χ0n) is 8.38. The second-order valence-corrected chi connectivity index (χ2v) is 4.18. The van der Waals surface area contributed by atoms with Gasteiger partial charge in [0.2, 0.25) is 11.8 Å². The normalized spacial score (nSPS) is 32.9. The van der Waals surface area contributed by atoms with Crippen LogP contribution in [0.3, 0.4) is 0 Å². The summed E-state index contributed by atoms with van der Waals surface area (Å²) in [6.07, 6.45) is 3.98. The molecule has 2 N–H and O–H groups in total. The van der Waals surface area contributed by atoms with E-state index in [1.165, 1.54) is 0 Å². The molecule has 2 unspecified atom stereocenters. The standard InChI is InChI=1S/C10H16N2O2/c1-2-3-7-9(13)12-10(14)8(11-7)6-4-5-6/h6-8,11H,2-5H2,1H3,(H,12,13,14). The molecule has 14 heavy (non-hydrogen) atoms. The molecular weight excluding hydrogens is 180 g/mol. The van der Waals surface area contributed by atoms with E-state index in [0.29, 0.717) is 5.92 Å². The van der Waals surface area contributed by atoms with Crippen LogP contribution in [0.2, 0.25) is 0 Å². The Morgan fingerprint density at radius 3 is 2.57 bits per heavy atom. The summed E-state index contributed by atoms with van der Waals surface area (Å²) in [6, 6.07) is -0.285. The minimum atomic E-state index is -0.164. The Kier molecular flexibility index (Phi) is 2.54. The maximum Gasteiger partial charge on any atom is 0.244 e. The molecule has 2 atom stereocenters. The highest BCUT2D eigenvalue weighted by Crippen LogP contribution is 2.33. The molecule has 2 fully saturated rings. The maximum atomic E-state index is 11.4. The van der Waals surface area contributed by atoms with Gasteiger partial charge < -0.3 is 0 Å². The van der Waals surface area contributed by atoms with Crippen LogP contribution in [-0.4, -0.2) is 23.9 Å². The van der Waals surface area contributed by atoms with E-state index in [1.807, 2.05) is 6.92 Å². The number of amides is 2. The SMILES string of the molecule is CCCC1NC(C2CC2)C(=O)NC1=O. The van der Waals surface area contributed by atoms with Crippen LogP contribution in [0.25, 0.3) is 0 Å². The first-order valence-corrected chi connectivity index (χ1v) is 5.33. The Bertz CT molecular complexity index is 261. The number of nitrogens with one attached hydrogen (secondary N) is 2. The minimum absolute atomic E-state index is 0.121. The van der Waals surface area contributed by atoms with Crippen LogP contribution < -0.4 is 10.6 Å². The van der Waals surface area contributed by atoms with Crippen molar-refractivity contribution in [1.82, 2.24) is 10.6 Å². The van der Waals surface area contributed by atoms with Gasteiger partial charge in [0.05, 0.1) is 12.1 Å². The van der Waals surface area contributed by atoms with Crippen LogP contribution in [0.1, 0.15) is 32.6 Å². The molecule has 0 spiro atoms. The highest BCUT2D eigenvalue weighted by Gasteiger charge is 2.42. The van der Waals surface area contributed by atoms with E-state index in [-0.39, 0.29) is 23.9 Å². The third-order valence-corrected chi connectivity index (χ3v) is 2.90. The average Bonchev–Trinajstić information content (AvgIpc) is 2.93. The van der Waals surface area contributed by atoms with Crippen molar-refractivity contribution in [3.05, 3.63) is 0 Å². The van der Waals surface area contributed by atoms with E-state index in [4.69, 9.17) is 0 Å². The quantitative estimate of drug-likeness (QED) is 0.633. The van der Waals surface area contributed by atoms with Crippen molar-refractivity contribution in [3.8, 4) is 0 Å². The molecule has 2 rings (SSSR count). The number of carbonyl (C=O) groups excluding carboxylic acids is 2. The molecule has 0 bridgehead atoms. The van der Waals surface area contributed by atoms with Gasteiger partial charge in [-0.05, 0) is 25.2 Å². The molecule has 4 heteroatoms. The van der Waals surface area contributed by atoms with Gasteiger partial charge in [0.15, 0.2) is 0 Å². The van der Waals surface area contributed by atoms with Crippen LogP contribution in [-0.2, 0) is 9.59 Å².